The normalized spacial score (nSPS) is 23.6. The number of amides is 1. The highest BCUT2D eigenvalue weighted by molar-refractivity contribution is 5.79. The van der Waals surface area contributed by atoms with Gasteiger partial charge in [0.2, 0.25) is 5.91 Å². The molecule has 0 radical (unpaired) electrons. The molecule has 3 nitrogen and oxygen atoms in total. The van der Waals surface area contributed by atoms with Crippen LogP contribution >= 0.6 is 0 Å². The Morgan fingerprint density at radius 2 is 2.15 bits per heavy atom. The van der Waals surface area contributed by atoms with Crippen molar-refractivity contribution in [1.29, 1.82) is 0 Å². The summed E-state index contributed by atoms with van der Waals surface area (Å²) in [5.74, 6) is 0.985. The fourth-order valence-corrected chi connectivity index (χ4v) is 2.51. The largest absolute Gasteiger partial charge is 0.294 e. The first-order valence-electron chi connectivity index (χ1n) is 7.88. The van der Waals surface area contributed by atoms with Crippen LogP contribution in [0.1, 0.15) is 66.2 Å². The molecule has 3 heteroatoms. The van der Waals surface area contributed by atoms with E-state index >= 15 is 0 Å². The second kappa shape index (κ2) is 8.72. The minimum Gasteiger partial charge on any atom is -0.294 e. The SMILES string of the molecule is CCCC(C)N(C(=O)CC)C1=C\CC/C(CC)=C/C=N\1. The van der Waals surface area contributed by atoms with E-state index in [1.807, 2.05) is 18.0 Å². The topological polar surface area (TPSA) is 32.7 Å². The summed E-state index contributed by atoms with van der Waals surface area (Å²) in [5, 5.41) is 0. The molecule has 0 aliphatic carbocycles. The molecule has 0 spiro atoms. The molecule has 0 aromatic heterocycles. The minimum atomic E-state index is 0.162. The van der Waals surface area contributed by atoms with E-state index in [1.54, 1.807) is 0 Å². The number of nitrogens with zero attached hydrogens (tertiary/aromatic N) is 2. The number of hydrogen-bond donors (Lipinski definition) is 0. The van der Waals surface area contributed by atoms with E-state index in [1.165, 1.54) is 5.57 Å². The van der Waals surface area contributed by atoms with E-state index in [2.05, 4.69) is 37.9 Å². The molecule has 112 valence electrons. The predicted molar refractivity (Wildman–Crippen MR) is 85.7 cm³/mol. The van der Waals surface area contributed by atoms with Crippen molar-refractivity contribution >= 4 is 12.1 Å². The number of rotatable bonds is 6. The zero-order chi connectivity index (χ0) is 15.0. The summed E-state index contributed by atoms with van der Waals surface area (Å²) in [6.07, 6.45) is 11.7. The Morgan fingerprint density at radius 3 is 2.75 bits per heavy atom. The van der Waals surface area contributed by atoms with Crippen LogP contribution in [0.2, 0.25) is 0 Å². The fourth-order valence-electron chi connectivity index (χ4n) is 2.51. The lowest BCUT2D eigenvalue weighted by atomic mass is 10.1. The fraction of sp³-hybridized carbons (Fsp3) is 0.647. The van der Waals surface area contributed by atoms with Crippen LogP contribution in [-0.4, -0.2) is 23.1 Å². The highest BCUT2D eigenvalue weighted by atomic mass is 16.2. The number of aliphatic imine (C=N–C) groups is 1. The summed E-state index contributed by atoms with van der Waals surface area (Å²) >= 11 is 0. The third-order valence-corrected chi connectivity index (χ3v) is 3.73. The molecule has 1 heterocycles. The van der Waals surface area contributed by atoms with Gasteiger partial charge in [-0.05, 0) is 44.8 Å². The molecule has 1 amide bonds. The van der Waals surface area contributed by atoms with Crippen molar-refractivity contribution in [2.24, 2.45) is 4.99 Å². The zero-order valence-electron chi connectivity index (χ0n) is 13.4. The van der Waals surface area contributed by atoms with Crippen LogP contribution in [0.3, 0.4) is 0 Å². The second-order valence-electron chi connectivity index (χ2n) is 5.31. The lowest BCUT2D eigenvalue weighted by Crippen LogP contribution is -2.37. The first kappa shape index (κ1) is 16.7. The van der Waals surface area contributed by atoms with Crippen LogP contribution in [0, 0.1) is 0 Å². The van der Waals surface area contributed by atoms with Gasteiger partial charge < -0.3 is 0 Å². The highest BCUT2D eigenvalue weighted by Crippen LogP contribution is 2.20. The molecule has 1 atom stereocenters. The molecule has 1 unspecified atom stereocenters. The molecular formula is C17H28N2O. The first-order chi connectivity index (χ1) is 9.63. The minimum absolute atomic E-state index is 0.162. The molecule has 0 saturated carbocycles. The van der Waals surface area contributed by atoms with E-state index in [0.29, 0.717) is 6.42 Å². The van der Waals surface area contributed by atoms with E-state index < -0.39 is 0 Å². The Bertz CT molecular complexity index is 407. The van der Waals surface area contributed by atoms with Crippen molar-refractivity contribution in [3.05, 3.63) is 23.5 Å². The molecule has 20 heavy (non-hydrogen) atoms. The Labute approximate surface area is 123 Å². The van der Waals surface area contributed by atoms with Crippen LogP contribution in [0.15, 0.2) is 28.5 Å². The molecule has 0 N–H and O–H groups in total. The lowest BCUT2D eigenvalue weighted by Gasteiger charge is -2.29. The van der Waals surface area contributed by atoms with Crippen molar-refractivity contribution in [2.75, 3.05) is 0 Å². The molecule has 0 bridgehead atoms. The van der Waals surface area contributed by atoms with Gasteiger partial charge in [-0.2, -0.15) is 0 Å². The molecule has 0 saturated heterocycles. The summed E-state index contributed by atoms with van der Waals surface area (Å²) in [4.78, 5) is 18.6. The zero-order valence-corrected chi connectivity index (χ0v) is 13.4. The average molecular weight is 276 g/mol. The van der Waals surface area contributed by atoms with Gasteiger partial charge in [-0.1, -0.05) is 32.8 Å². The van der Waals surface area contributed by atoms with E-state index in [0.717, 1.165) is 37.9 Å². The van der Waals surface area contributed by atoms with Crippen LogP contribution in [-0.2, 0) is 4.79 Å². The van der Waals surface area contributed by atoms with Gasteiger partial charge in [0.1, 0.15) is 5.82 Å². The van der Waals surface area contributed by atoms with Crippen molar-refractivity contribution < 1.29 is 4.79 Å². The molecular weight excluding hydrogens is 248 g/mol. The van der Waals surface area contributed by atoms with Crippen LogP contribution in [0.25, 0.3) is 0 Å². The smallest absolute Gasteiger partial charge is 0.228 e. The van der Waals surface area contributed by atoms with Crippen molar-refractivity contribution in [1.82, 2.24) is 4.90 Å². The Kier molecular flexibility index (Phi) is 7.27. The van der Waals surface area contributed by atoms with Gasteiger partial charge in [-0.25, -0.2) is 4.99 Å². The summed E-state index contributed by atoms with van der Waals surface area (Å²) in [6.45, 7) is 8.34. The standard InChI is InChI=1S/C17H28N2O/c1-5-9-14(4)19(17(20)7-3)16-11-8-10-15(6-2)12-13-18-16/h11-14H,5-10H2,1-4H3/b15-12+,16-11-,18-13-. The second-order valence-corrected chi connectivity index (χ2v) is 5.31. The Morgan fingerprint density at radius 1 is 1.40 bits per heavy atom. The molecule has 0 aromatic rings. The first-order valence-corrected chi connectivity index (χ1v) is 7.88. The maximum atomic E-state index is 12.2. The maximum Gasteiger partial charge on any atom is 0.228 e. The highest BCUT2D eigenvalue weighted by Gasteiger charge is 2.21. The van der Waals surface area contributed by atoms with E-state index in [9.17, 15) is 4.79 Å². The summed E-state index contributed by atoms with van der Waals surface area (Å²) in [7, 11) is 0. The van der Waals surface area contributed by atoms with Gasteiger partial charge in [0.25, 0.3) is 0 Å². The summed E-state index contributed by atoms with van der Waals surface area (Å²) < 4.78 is 0. The van der Waals surface area contributed by atoms with E-state index in [-0.39, 0.29) is 11.9 Å². The third-order valence-electron chi connectivity index (χ3n) is 3.73. The van der Waals surface area contributed by atoms with Gasteiger partial charge >= 0.3 is 0 Å². The van der Waals surface area contributed by atoms with Crippen molar-refractivity contribution in [3.63, 3.8) is 0 Å². The molecule has 0 fully saturated rings. The van der Waals surface area contributed by atoms with Gasteiger partial charge in [0.15, 0.2) is 0 Å². The van der Waals surface area contributed by atoms with Gasteiger partial charge in [-0.3, -0.25) is 9.69 Å². The molecule has 1 aliphatic rings. The third kappa shape index (κ3) is 4.62. The van der Waals surface area contributed by atoms with Crippen LogP contribution in [0.5, 0.6) is 0 Å². The van der Waals surface area contributed by atoms with Gasteiger partial charge in [-0.15, -0.1) is 0 Å². The molecule has 1 rings (SSSR count). The van der Waals surface area contributed by atoms with Crippen molar-refractivity contribution in [3.8, 4) is 0 Å². The number of hydrogen-bond acceptors (Lipinski definition) is 2. The molecule has 0 aromatic carbocycles. The summed E-state index contributed by atoms with van der Waals surface area (Å²) in [6, 6.07) is 0.213. The van der Waals surface area contributed by atoms with Crippen LogP contribution < -0.4 is 0 Å². The Hall–Kier alpha value is -1.38. The lowest BCUT2D eigenvalue weighted by molar-refractivity contribution is -0.130. The summed E-state index contributed by atoms with van der Waals surface area (Å²) in [5.41, 5.74) is 1.42. The molecule has 1 aliphatic heterocycles. The predicted octanol–water partition coefficient (Wildman–Crippen LogP) is 4.46. The number of allylic oxidation sites excluding steroid dienone is 3. The quantitative estimate of drug-likeness (QED) is 0.705. The number of carbonyl (C=O) groups is 1. The van der Waals surface area contributed by atoms with Gasteiger partial charge in [0.05, 0.1) is 0 Å². The number of carbonyl (C=O) groups excluding carboxylic acids is 1. The Balaban J connectivity index is 2.96. The van der Waals surface area contributed by atoms with Crippen LogP contribution in [0.4, 0.5) is 0 Å². The maximum absolute atomic E-state index is 12.2. The van der Waals surface area contributed by atoms with Crippen molar-refractivity contribution in [2.45, 2.75) is 72.3 Å². The van der Waals surface area contributed by atoms with Gasteiger partial charge in [0, 0.05) is 18.7 Å². The monoisotopic (exact) mass is 276 g/mol. The average Bonchev–Trinajstić information content (AvgIpc) is 2.41. The van der Waals surface area contributed by atoms with E-state index in [4.69, 9.17) is 0 Å².